The lowest BCUT2D eigenvalue weighted by atomic mass is 9.81. The Morgan fingerprint density at radius 2 is 1.53 bits per heavy atom. The van der Waals surface area contributed by atoms with E-state index in [1.54, 1.807) is 7.11 Å². The molecule has 4 atom stereocenters. The molecule has 1 aromatic carbocycles. The number of amides is 2. The number of hydrogen-bond acceptors (Lipinski definition) is 7. The molecule has 8 heteroatoms. The van der Waals surface area contributed by atoms with Gasteiger partial charge in [-0.2, -0.15) is 0 Å². The van der Waals surface area contributed by atoms with Crippen LogP contribution < -0.4 is 9.64 Å². The molecule has 2 heterocycles. The van der Waals surface area contributed by atoms with Gasteiger partial charge in [0.1, 0.15) is 5.75 Å². The maximum Gasteiger partial charge on any atom is 0.236 e. The topological polar surface area (TPSA) is 93.6 Å². The lowest BCUT2D eigenvalue weighted by Crippen LogP contribution is -2.47. The van der Waals surface area contributed by atoms with Crippen LogP contribution in [-0.2, 0) is 9.59 Å². The zero-order valence-corrected chi connectivity index (χ0v) is 17.2. The number of piperazine rings is 1. The van der Waals surface area contributed by atoms with Crippen molar-refractivity contribution in [3.63, 3.8) is 0 Å². The predicted molar refractivity (Wildman–Crippen MR) is 111 cm³/mol. The van der Waals surface area contributed by atoms with Crippen molar-refractivity contribution in [2.45, 2.75) is 18.6 Å². The second-order valence-corrected chi connectivity index (χ2v) is 8.10. The Morgan fingerprint density at radius 1 is 0.933 bits per heavy atom. The van der Waals surface area contributed by atoms with Crippen molar-refractivity contribution in [2.75, 3.05) is 51.3 Å². The normalized spacial score (nSPS) is 29.4. The van der Waals surface area contributed by atoms with E-state index < -0.39 is 24.0 Å². The fourth-order valence-corrected chi connectivity index (χ4v) is 4.74. The molecule has 30 heavy (non-hydrogen) atoms. The number of fused-ring (bicyclic) bond motifs is 1. The maximum absolute atomic E-state index is 12.6. The van der Waals surface area contributed by atoms with E-state index in [0.717, 1.165) is 44.2 Å². The number of carbonyl (C=O) groups is 2. The monoisotopic (exact) mass is 415 g/mol. The van der Waals surface area contributed by atoms with E-state index >= 15 is 0 Å². The summed E-state index contributed by atoms with van der Waals surface area (Å²) in [6, 6.07) is 8.00. The van der Waals surface area contributed by atoms with Crippen LogP contribution in [0, 0.1) is 11.8 Å². The molecule has 4 rings (SSSR count). The third-order valence-electron chi connectivity index (χ3n) is 6.38. The SMILES string of the molecule is COc1ccccc1N1CCN(CCCN2C(=O)C3C(O)C=CC(O)C3C2=O)CC1. The van der Waals surface area contributed by atoms with Crippen LogP contribution in [0.3, 0.4) is 0 Å². The Balaban J connectivity index is 1.27. The van der Waals surface area contributed by atoms with Crippen LogP contribution in [0.5, 0.6) is 5.75 Å². The molecule has 3 aliphatic rings. The van der Waals surface area contributed by atoms with Gasteiger partial charge in [-0.25, -0.2) is 0 Å². The number of methoxy groups -OCH3 is 1. The van der Waals surface area contributed by atoms with E-state index in [-0.39, 0.29) is 11.8 Å². The molecule has 1 aliphatic carbocycles. The first kappa shape index (κ1) is 20.8. The zero-order valence-electron chi connectivity index (χ0n) is 17.2. The molecule has 162 valence electrons. The van der Waals surface area contributed by atoms with Crippen LogP contribution in [0.1, 0.15) is 6.42 Å². The van der Waals surface area contributed by atoms with E-state index in [1.165, 1.54) is 17.1 Å². The average molecular weight is 415 g/mol. The van der Waals surface area contributed by atoms with Crippen molar-refractivity contribution in [3.8, 4) is 5.75 Å². The molecule has 8 nitrogen and oxygen atoms in total. The van der Waals surface area contributed by atoms with Crippen LogP contribution in [0.4, 0.5) is 5.69 Å². The number of likely N-dealkylation sites (tertiary alicyclic amines) is 1. The maximum atomic E-state index is 12.6. The standard InChI is InChI=1S/C22H29N3O5/c1-30-18-6-3-2-5-15(18)24-13-11-23(12-14-24)9-4-10-25-21(28)19-16(26)7-8-17(27)20(19)22(25)29/h2-3,5-8,16-17,19-20,26-27H,4,9-14H2,1H3. The lowest BCUT2D eigenvalue weighted by Gasteiger charge is -2.36. The van der Waals surface area contributed by atoms with Crippen LogP contribution in [-0.4, -0.2) is 90.4 Å². The summed E-state index contributed by atoms with van der Waals surface area (Å²) in [7, 11) is 1.68. The van der Waals surface area contributed by atoms with Crippen molar-refractivity contribution in [2.24, 2.45) is 11.8 Å². The van der Waals surface area contributed by atoms with Gasteiger partial charge < -0.3 is 19.8 Å². The van der Waals surface area contributed by atoms with Crippen molar-refractivity contribution in [1.82, 2.24) is 9.80 Å². The number of para-hydroxylation sites is 2. The first-order chi connectivity index (χ1) is 14.5. The molecule has 2 aliphatic heterocycles. The summed E-state index contributed by atoms with van der Waals surface area (Å²) in [5.41, 5.74) is 1.10. The number of rotatable bonds is 6. The Hall–Kier alpha value is -2.42. The minimum Gasteiger partial charge on any atom is -0.495 e. The van der Waals surface area contributed by atoms with E-state index in [1.807, 2.05) is 18.2 Å². The molecule has 0 bridgehead atoms. The Morgan fingerprint density at radius 3 is 2.13 bits per heavy atom. The number of aliphatic hydroxyl groups excluding tert-OH is 2. The molecule has 2 fully saturated rings. The van der Waals surface area contributed by atoms with E-state index in [0.29, 0.717) is 13.0 Å². The third kappa shape index (κ3) is 3.82. The molecule has 0 spiro atoms. The van der Waals surface area contributed by atoms with Crippen LogP contribution in [0.25, 0.3) is 0 Å². The van der Waals surface area contributed by atoms with Gasteiger partial charge in [-0.1, -0.05) is 24.3 Å². The van der Waals surface area contributed by atoms with Gasteiger partial charge in [0, 0.05) is 32.7 Å². The minimum atomic E-state index is -1.01. The summed E-state index contributed by atoms with van der Waals surface area (Å²) in [5.74, 6) is -1.59. The van der Waals surface area contributed by atoms with E-state index in [2.05, 4.69) is 15.9 Å². The summed E-state index contributed by atoms with van der Waals surface area (Å²) >= 11 is 0. The summed E-state index contributed by atoms with van der Waals surface area (Å²) < 4.78 is 5.46. The molecule has 0 saturated carbocycles. The van der Waals surface area contributed by atoms with Crippen molar-refractivity contribution >= 4 is 17.5 Å². The lowest BCUT2D eigenvalue weighted by molar-refractivity contribution is -0.140. The van der Waals surface area contributed by atoms with Gasteiger partial charge in [-0.15, -0.1) is 0 Å². The smallest absolute Gasteiger partial charge is 0.236 e. The average Bonchev–Trinajstić information content (AvgIpc) is 3.03. The number of carbonyl (C=O) groups excluding carboxylic acids is 2. The molecule has 0 aromatic heterocycles. The van der Waals surface area contributed by atoms with Gasteiger partial charge in [-0.05, 0) is 25.1 Å². The highest BCUT2D eigenvalue weighted by Gasteiger charge is 2.53. The van der Waals surface area contributed by atoms with Crippen LogP contribution in [0.15, 0.2) is 36.4 Å². The van der Waals surface area contributed by atoms with Gasteiger partial charge in [0.05, 0.1) is 36.8 Å². The Bertz CT molecular complexity index is 791. The Kier molecular flexibility index (Phi) is 6.08. The molecule has 2 amide bonds. The quantitative estimate of drug-likeness (QED) is 0.503. The first-order valence-corrected chi connectivity index (χ1v) is 10.5. The molecule has 2 saturated heterocycles. The van der Waals surface area contributed by atoms with Crippen LogP contribution >= 0.6 is 0 Å². The Labute approximate surface area is 176 Å². The zero-order chi connectivity index (χ0) is 21.3. The molecular formula is C22H29N3O5. The number of benzene rings is 1. The second-order valence-electron chi connectivity index (χ2n) is 8.10. The summed E-state index contributed by atoms with van der Waals surface area (Å²) in [6.45, 7) is 4.66. The second kappa shape index (κ2) is 8.75. The largest absolute Gasteiger partial charge is 0.495 e. The molecular weight excluding hydrogens is 386 g/mol. The number of hydrogen-bond donors (Lipinski definition) is 2. The minimum absolute atomic E-state index is 0.316. The van der Waals surface area contributed by atoms with Crippen molar-refractivity contribution < 1.29 is 24.5 Å². The number of nitrogens with zero attached hydrogens (tertiary/aromatic N) is 3. The number of imide groups is 1. The van der Waals surface area contributed by atoms with Crippen LogP contribution in [0.2, 0.25) is 0 Å². The highest BCUT2D eigenvalue weighted by atomic mass is 16.5. The predicted octanol–water partition coefficient (Wildman–Crippen LogP) is 0.100. The first-order valence-electron chi connectivity index (χ1n) is 10.5. The highest BCUT2D eigenvalue weighted by Crippen LogP contribution is 2.35. The number of ether oxygens (including phenoxy) is 1. The van der Waals surface area contributed by atoms with Gasteiger partial charge in [0.15, 0.2) is 0 Å². The number of aliphatic hydroxyl groups is 2. The molecule has 4 unspecified atom stereocenters. The summed E-state index contributed by atoms with van der Waals surface area (Å²) in [4.78, 5) is 31.1. The molecule has 0 radical (unpaired) electrons. The molecule has 1 aromatic rings. The van der Waals surface area contributed by atoms with Crippen molar-refractivity contribution in [1.29, 1.82) is 0 Å². The highest BCUT2D eigenvalue weighted by molar-refractivity contribution is 6.06. The molecule has 2 N–H and O–H groups in total. The van der Waals surface area contributed by atoms with Crippen molar-refractivity contribution in [3.05, 3.63) is 36.4 Å². The third-order valence-corrected chi connectivity index (χ3v) is 6.38. The van der Waals surface area contributed by atoms with E-state index in [4.69, 9.17) is 4.74 Å². The fraction of sp³-hybridized carbons (Fsp3) is 0.545. The summed E-state index contributed by atoms with van der Waals surface area (Å²) in [5, 5.41) is 20.1. The summed E-state index contributed by atoms with van der Waals surface area (Å²) in [6.07, 6.45) is 1.46. The number of anilines is 1. The van der Waals surface area contributed by atoms with E-state index in [9.17, 15) is 19.8 Å². The van der Waals surface area contributed by atoms with Gasteiger partial charge in [0.25, 0.3) is 0 Å². The van der Waals surface area contributed by atoms with Gasteiger partial charge in [0.2, 0.25) is 11.8 Å². The fourth-order valence-electron chi connectivity index (χ4n) is 4.74. The van der Waals surface area contributed by atoms with Gasteiger partial charge >= 0.3 is 0 Å². The van der Waals surface area contributed by atoms with Gasteiger partial charge in [-0.3, -0.25) is 19.4 Å².